The minimum Gasteiger partial charge on any atom is -0.383 e. The Hall–Kier alpha value is -2.87. The third-order valence-corrected chi connectivity index (χ3v) is 6.82. The van der Waals surface area contributed by atoms with E-state index in [1.54, 1.807) is 24.4 Å². The Bertz CT molecular complexity index is 1360. The molecule has 0 fully saturated rings. The van der Waals surface area contributed by atoms with Crippen LogP contribution in [0.2, 0.25) is 5.02 Å². The zero-order valence-electron chi connectivity index (χ0n) is 17.3. The maximum atomic E-state index is 13.0. The van der Waals surface area contributed by atoms with Crippen LogP contribution in [0.3, 0.4) is 0 Å². The number of hydrogen-bond donors (Lipinski definition) is 2. The molecule has 0 aliphatic carbocycles. The number of fused-ring (bicyclic) bond motifs is 2. The van der Waals surface area contributed by atoms with Crippen LogP contribution in [0, 0.1) is 0 Å². The Labute approximate surface area is 186 Å². The van der Waals surface area contributed by atoms with Gasteiger partial charge in [-0.15, -0.1) is 0 Å². The fourth-order valence-corrected chi connectivity index (χ4v) is 5.04. The van der Waals surface area contributed by atoms with E-state index in [2.05, 4.69) is 15.0 Å². The molecular formula is C23H23ClN4O2S. The Balaban J connectivity index is 1.50. The SMILES string of the molecule is CN(C)c1cccc2c(S(=O)(=O)NCCNc3ccnc4cc(Cl)ccc34)cccc12. The lowest BCUT2D eigenvalue weighted by molar-refractivity contribution is 0.584. The summed E-state index contributed by atoms with van der Waals surface area (Å²) in [6, 6.07) is 18.4. The van der Waals surface area contributed by atoms with E-state index in [9.17, 15) is 8.42 Å². The molecule has 0 atom stereocenters. The molecule has 0 aliphatic rings. The summed E-state index contributed by atoms with van der Waals surface area (Å²) in [6.07, 6.45) is 1.70. The molecule has 0 aliphatic heterocycles. The van der Waals surface area contributed by atoms with Crippen LogP contribution in [0.4, 0.5) is 11.4 Å². The zero-order valence-corrected chi connectivity index (χ0v) is 18.8. The molecule has 0 saturated heterocycles. The first-order valence-corrected chi connectivity index (χ1v) is 11.7. The highest BCUT2D eigenvalue weighted by molar-refractivity contribution is 7.89. The first-order valence-electron chi connectivity index (χ1n) is 9.84. The number of sulfonamides is 1. The van der Waals surface area contributed by atoms with Crippen molar-refractivity contribution in [3.05, 3.63) is 71.9 Å². The number of anilines is 2. The van der Waals surface area contributed by atoms with Gasteiger partial charge in [-0.05, 0) is 36.4 Å². The molecule has 6 nitrogen and oxygen atoms in total. The summed E-state index contributed by atoms with van der Waals surface area (Å²) >= 11 is 6.03. The highest BCUT2D eigenvalue weighted by atomic mass is 35.5. The minimum absolute atomic E-state index is 0.240. The standard InChI is InChI=1S/C23H23ClN4O2S/c1-28(2)22-7-3-6-18-17(22)5-4-8-23(18)31(29,30)27-14-13-26-20-11-12-25-21-15-16(24)9-10-19(20)21/h3-12,15,27H,13-14H2,1-2H3,(H,25,26). The van der Waals surface area contributed by atoms with Gasteiger partial charge in [-0.2, -0.15) is 0 Å². The lowest BCUT2D eigenvalue weighted by atomic mass is 10.1. The van der Waals surface area contributed by atoms with Gasteiger partial charge in [0.05, 0.1) is 10.4 Å². The summed E-state index contributed by atoms with van der Waals surface area (Å²) in [5, 5.41) is 6.43. The van der Waals surface area contributed by atoms with E-state index in [1.807, 2.05) is 61.5 Å². The van der Waals surface area contributed by atoms with Gasteiger partial charge in [-0.1, -0.05) is 35.9 Å². The Morgan fingerprint density at radius 2 is 1.71 bits per heavy atom. The van der Waals surface area contributed by atoms with Crippen molar-refractivity contribution in [1.29, 1.82) is 0 Å². The van der Waals surface area contributed by atoms with Gasteiger partial charge in [-0.25, -0.2) is 13.1 Å². The fraction of sp³-hybridized carbons (Fsp3) is 0.174. The number of nitrogens with one attached hydrogen (secondary N) is 2. The minimum atomic E-state index is -3.67. The third-order valence-electron chi connectivity index (χ3n) is 5.07. The van der Waals surface area contributed by atoms with Crippen LogP contribution < -0.4 is 14.9 Å². The van der Waals surface area contributed by atoms with E-state index in [-0.39, 0.29) is 11.4 Å². The van der Waals surface area contributed by atoms with E-state index < -0.39 is 10.0 Å². The monoisotopic (exact) mass is 454 g/mol. The van der Waals surface area contributed by atoms with E-state index in [0.29, 0.717) is 17.0 Å². The molecule has 4 rings (SSSR count). The van der Waals surface area contributed by atoms with Crippen molar-refractivity contribution < 1.29 is 8.42 Å². The molecule has 2 N–H and O–H groups in total. The lowest BCUT2D eigenvalue weighted by Gasteiger charge is -2.17. The third kappa shape index (κ3) is 4.44. The summed E-state index contributed by atoms with van der Waals surface area (Å²) in [7, 11) is 0.212. The topological polar surface area (TPSA) is 74.3 Å². The number of halogens is 1. The van der Waals surface area contributed by atoms with Crippen molar-refractivity contribution in [2.45, 2.75) is 4.90 Å². The first kappa shape index (κ1) is 21.4. The highest BCUT2D eigenvalue weighted by Gasteiger charge is 2.18. The van der Waals surface area contributed by atoms with Crippen molar-refractivity contribution in [3.63, 3.8) is 0 Å². The zero-order chi connectivity index (χ0) is 22.0. The van der Waals surface area contributed by atoms with Gasteiger partial charge in [0.25, 0.3) is 0 Å². The van der Waals surface area contributed by atoms with Gasteiger partial charge in [0.1, 0.15) is 0 Å². The van der Waals surface area contributed by atoms with Gasteiger partial charge in [0.2, 0.25) is 10.0 Å². The van der Waals surface area contributed by atoms with Crippen LogP contribution in [-0.2, 0) is 10.0 Å². The van der Waals surface area contributed by atoms with Gasteiger partial charge >= 0.3 is 0 Å². The highest BCUT2D eigenvalue weighted by Crippen LogP contribution is 2.30. The Kier molecular flexibility index (Phi) is 6.00. The van der Waals surface area contributed by atoms with Crippen molar-refractivity contribution in [1.82, 2.24) is 9.71 Å². The molecule has 0 amide bonds. The second kappa shape index (κ2) is 8.70. The molecule has 0 unspecified atom stereocenters. The number of aromatic nitrogens is 1. The molecule has 1 aromatic heterocycles. The van der Waals surface area contributed by atoms with Gasteiger partial charge in [0, 0.05) is 65.9 Å². The predicted octanol–water partition coefficient (Wildman–Crippen LogP) is 4.50. The Morgan fingerprint density at radius 3 is 2.52 bits per heavy atom. The smallest absolute Gasteiger partial charge is 0.241 e. The number of benzene rings is 3. The normalized spacial score (nSPS) is 11.7. The van der Waals surface area contributed by atoms with E-state index >= 15 is 0 Å². The maximum Gasteiger partial charge on any atom is 0.241 e. The Morgan fingerprint density at radius 1 is 0.935 bits per heavy atom. The van der Waals surface area contributed by atoms with Gasteiger partial charge in [0.15, 0.2) is 0 Å². The summed E-state index contributed by atoms with van der Waals surface area (Å²) in [5.74, 6) is 0. The molecule has 8 heteroatoms. The van der Waals surface area contributed by atoms with Crippen LogP contribution in [0.15, 0.2) is 71.8 Å². The molecule has 3 aromatic carbocycles. The van der Waals surface area contributed by atoms with E-state index in [0.717, 1.165) is 27.7 Å². The van der Waals surface area contributed by atoms with E-state index in [1.165, 1.54) is 0 Å². The van der Waals surface area contributed by atoms with Crippen molar-refractivity contribution in [3.8, 4) is 0 Å². The van der Waals surface area contributed by atoms with Gasteiger partial charge in [-0.3, -0.25) is 4.98 Å². The molecule has 0 bridgehead atoms. The molecule has 1 heterocycles. The largest absolute Gasteiger partial charge is 0.383 e. The predicted molar refractivity (Wildman–Crippen MR) is 129 cm³/mol. The van der Waals surface area contributed by atoms with Crippen molar-refractivity contribution in [2.75, 3.05) is 37.4 Å². The quantitative estimate of drug-likeness (QED) is 0.402. The molecule has 0 radical (unpaired) electrons. The second-order valence-corrected chi connectivity index (χ2v) is 9.54. The lowest BCUT2D eigenvalue weighted by Crippen LogP contribution is -2.29. The van der Waals surface area contributed by atoms with Crippen LogP contribution in [0.1, 0.15) is 0 Å². The van der Waals surface area contributed by atoms with Crippen molar-refractivity contribution in [2.24, 2.45) is 0 Å². The molecule has 0 spiro atoms. The number of rotatable bonds is 7. The van der Waals surface area contributed by atoms with Crippen molar-refractivity contribution >= 4 is 54.7 Å². The number of nitrogens with zero attached hydrogens (tertiary/aromatic N) is 2. The number of pyridine rings is 1. The first-order chi connectivity index (χ1) is 14.9. The summed E-state index contributed by atoms with van der Waals surface area (Å²) < 4.78 is 28.7. The molecule has 0 saturated carbocycles. The van der Waals surface area contributed by atoms with Crippen LogP contribution >= 0.6 is 11.6 Å². The number of hydrogen-bond acceptors (Lipinski definition) is 5. The molecule has 31 heavy (non-hydrogen) atoms. The summed E-state index contributed by atoms with van der Waals surface area (Å²) in [6.45, 7) is 0.665. The fourth-order valence-electron chi connectivity index (χ4n) is 3.62. The van der Waals surface area contributed by atoms with Crippen LogP contribution in [-0.4, -0.2) is 40.6 Å². The maximum absolute atomic E-state index is 13.0. The van der Waals surface area contributed by atoms with E-state index in [4.69, 9.17) is 11.6 Å². The average Bonchev–Trinajstić information content (AvgIpc) is 2.75. The van der Waals surface area contributed by atoms with Crippen LogP contribution in [0.25, 0.3) is 21.7 Å². The average molecular weight is 455 g/mol. The summed E-state index contributed by atoms with van der Waals surface area (Å²) in [5.41, 5.74) is 2.63. The van der Waals surface area contributed by atoms with Gasteiger partial charge < -0.3 is 10.2 Å². The van der Waals surface area contributed by atoms with Crippen LogP contribution in [0.5, 0.6) is 0 Å². The molecule has 4 aromatic rings. The summed E-state index contributed by atoms with van der Waals surface area (Å²) in [4.78, 5) is 6.57. The second-order valence-electron chi connectivity index (χ2n) is 7.37. The molecule has 160 valence electrons. The molecular weight excluding hydrogens is 432 g/mol.